The smallest absolute Gasteiger partial charge is 0.198 e. The summed E-state index contributed by atoms with van der Waals surface area (Å²) in [5, 5.41) is 0. The summed E-state index contributed by atoms with van der Waals surface area (Å²) in [6.45, 7) is 0. The minimum Gasteiger partial charge on any atom is -0.463 e. The van der Waals surface area contributed by atoms with Crippen LogP contribution < -0.4 is 0 Å². The van der Waals surface area contributed by atoms with Crippen molar-refractivity contribution in [3.05, 3.63) is 48.7 Å². The lowest BCUT2D eigenvalue weighted by molar-refractivity contribution is 0.580. The number of fused-ring (bicyclic) bond motifs is 1. The Hall–Kier alpha value is -3.02. The van der Waals surface area contributed by atoms with E-state index in [1.165, 1.54) is 25.7 Å². The number of furan rings is 1. The van der Waals surface area contributed by atoms with Gasteiger partial charge in [-0.3, -0.25) is 4.98 Å². The van der Waals surface area contributed by atoms with Gasteiger partial charge in [0.25, 0.3) is 0 Å². The molecule has 1 N–H and O–H groups in total. The van der Waals surface area contributed by atoms with Crippen molar-refractivity contribution in [1.29, 1.82) is 0 Å². The molecule has 6 heteroatoms. The van der Waals surface area contributed by atoms with Crippen molar-refractivity contribution >= 4 is 11.3 Å². The van der Waals surface area contributed by atoms with Crippen LogP contribution in [-0.2, 0) is 0 Å². The molecule has 0 bridgehead atoms. The number of hydrogen-bond acceptors (Lipinski definition) is 5. The van der Waals surface area contributed by atoms with Crippen LogP contribution in [-0.4, -0.2) is 24.9 Å². The molecule has 0 amide bonds. The number of aromatic nitrogens is 5. The van der Waals surface area contributed by atoms with Crippen LogP contribution in [0.4, 0.5) is 0 Å². The number of hydrogen-bond donors (Lipinski definition) is 1. The van der Waals surface area contributed by atoms with Gasteiger partial charge in [-0.25, -0.2) is 15.0 Å². The van der Waals surface area contributed by atoms with E-state index in [1.807, 2.05) is 24.3 Å². The molecule has 0 spiro atoms. The van der Waals surface area contributed by atoms with Gasteiger partial charge in [-0.2, -0.15) is 0 Å². The number of aromatic amines is 1. The maximum atomic E-state index is 5.58. The summed E-state index contributed by atoms with van der Waals surface area (Å²) < 4.78 is 5.58. The van der Waals surface area contributed by atoms with Crippen LogP contribution in [0.5, 0.6) is 0 Å². The molecule has 0 aliphatic heterocycles. The first-order valence-corrected chi connectivity index (χ1v) is 8.60. The molecule has 1 aliphatic rings. The number of pyridine rings is 1. The van der Waals surface area contributed by atoms with Crippen LogP contribution in [0.15, 0.2) is 47.3 Å². The van der Waals surface area contributed by atoms with E-state index in [-0.39, 0.29) is 0 Å². The summed E-state index contributed by atoms with van der Waals surface area (Å²) >= 11 is 0. The molecule has 0 unspecified atom stereocenters. The SMILES string of the molecule is c1coc(-c2nc3[nH]c(C4CCCC4)nc3nc2-c2ccncc2)c1. The van der Waals surface area contributed by atoms with E-state index in [2.05, 4.69) is 9.97 Å². The molecule has 5 rings (SSSR count). The molecule has 4 aromatic rings. The highest BCUT2D eigenvalue weighted by atomic mass is 16.3. The third-order valence-corrected chi connectivity index (χ3v) is 4.80. The zero-order valence-electron chi connectivity index (χ0n) is 13.6. The molecule has 0 saturated heterocycles. The van der Waals surface area contributed by atoms with Crippen molar-refractivity contribution in [2.75, 3.05) is 0 Å². The van der Waals surface area contributed by atoms with Crippen LogP contribution in [0.1, 0.15) is 37.4 Å². The minimum atomic E-state index is 0.493. The second-order valence-corrected chi connectivity index (χ2v) is 6.41. The zero-order valence-corrected chi connectivity index (χ0v) is 13.6. The molecule has 4 heterocycles. The molecule has 1 fully saturated rings. The Morgan fingerprint density at radius 3 is 2.56 bits per heavy atom. The predicted octanol–water partition coefficient (Wildman–Crippen LogP) is 4.33. The van der Waals surface area contributed by atoms with E-state index in [4.69, 9.17) is 19.4 Å². The largest absolute Gasteiger partial charge is 0.463 e. The van der Waals surface area contributed by atoms with Gasteiger partial charge in [-0.1, -0.05) is 12.8 Å². The van der Waals surface area contributed by atoms with E-state index in [1.54, 1.807) is 18.7 Å². The maximum absolute atomic E-state index is 5.58. The Morgan fingerprint density at radius 2 is 1.80 bits per heavy atom. The zero-order chi connectivity index (χ0) is 16.6. The fraction of sp³-hybridized carbons (Fsp3) is 0.263. The van der Waals surface area contributed by atoms with Gasteiger partial charge >= 0.3 is 0 Å². The summed E-state index contributed by atoms with van der Waals surface area (Å²) in [5.41, 5.74) is 3.79. The molecular formula is C19H17N5O. The van der Waals surface area contributed by atoms with Crippen LogP contribution in [0.2, 0.25) is 0 Å². The Morgan fingerprint density at radius 1 is 0.960 bits per heavy atom. The van der Waals surface area contributed by atoms with Crippen molar-refractivity contribution in [1.82, 2.24) is 24.9 Å². The summed E-state index contributed by atoms with van der Waals surface area (Å²) in [7, 11) is 0. The van der Waals surface area contributed by atoms with E-state index >= 15 is 0 Å². The molecule has 0 atom stereocenters. The third kappa shape index (κ3) is 2.50. The first kappa shape index (κ1) is 14.3. The van der Waals surface area contributed by atoms with Gasteiger partial charge in [0, 0.05) is 23.9 Å². The van der Waals surface area contributed by atoms with E-state index < -0.39 is 0 Å². The average Bonchev–Trinajstić information content (AvgIpc) is 3.41. The van der Waals surface area contributed by atoms with E-state index in [0.29, 0.717) is 28.7 Å². The molecule has 25 heavy (non-hydrogen) atoms. The fourth-order valence-electron chi connectivity index (χ4n) is 3.54. The van der Waals surface area contributed by atoms with Crippen molar-refractivity contribution in [2.45, 2.75) is 31.6 Å². The summed E-state index contributed by atoms with van der Waals surface area (Å²) in [5.74, 6) is 2.19. The monoisotopic (exact) mass is 331 g/mol. The summed E-state index contributed by atoms with van der Waals surface area (Å²) in [4.78, 5) is 21.8. The van der Waals surface area contributed by atoms with Gasteiger partial charge in [0.05, 0.1) is 6.26 Å². The highest BCUT2D eigenvalue weighted by Crippen LogP contribution is 2.34. The van der Waals surface area contributed by atoms with Gasteiger partial charge in [0.1, 0.15) is 17.2 Å². The third-order valence-electron chi connectivity index (χ3n) is 4.80. The van der Waals surface area contributed by atoms with Crippen molar-refractivity contribution in [3.8, 4) is 22.7 Å². The molecule has 4 aromatic heterocycles. The van der Waals surface area contributed by atoms with E-state index in [0.717, 1.165) is 17.1 Å². The Kier molecular flexibility index (Phi) is 3.33. The number of nitrogens with zero attached hydrogens (tertiary/aromatic N) is 4. The molecule has 0 radical (unpaired) electrons. The first-order valence-electron chi connectivity index (χ1n) is 8.60. The predicted molar refractivity (Wildman–Crippen MR) is 93.8 cm³/mol. The Bertz CT molecular complexity index is 1000. The Balaban J connectivity index is 1.71. The maximum Gasteiger partial charge on any atom is 0.198 e. The lowest BCUT2D eigenvalue weighted by Crippen LogP contribution is -1.94. The van der Waals surface area contributed by atoms with Crippen molar-refractivity contribution in [2.24, 2.45) is 0 Å². The van der Waals surface area contributed by atoms with Crippen molar-refractivity contribution < 1.29 is 4.42 Å². The van der Waals surface area contributed by atoms with Crippen LogP contribution in [0, 0.1) is 0 Å². The highest BCUT2D eigenvalue weighted by Gasteiger charge is 2.23. The van der Waals surface area contributed by atoms with Gasteiger partial charge in [0.15, 0.2) is 17.1 Å². The normalized spacial score (nSPS) is 15.2. The lowest BCUT2D eigenvalue weighted by Gasteiger charge is -2.05. The Labute approximate surface area is 144 Å². The second kappa shape index (κ2) is 5.81. The first-order chi connectivity index (χ1) is 12.4. The van der Waals surface area contributed by atoms with Crippen molar-refractivity contribution in [3.63, 3.8) is 0 Å². The number of imidazole rings is 1. The average molecular weight is 331 g/mol. The molecule has 6 nitrogen and oxygen atoms in total. The van der Waals surface area contributed by atoms with E-state index in [9.17, 15) is 0 Å². The van der Waals surface area contributed by atoms with Gasteiger partial charge in [0.2, 0.25) is 0 Å². The minimum absolute atomic E-state index is 0.493. The van der Waals surface area contributed by atoms with Gasteiger partial charge in [-0.05, 0) is 37.1 Å². The number of H-pyrrole nitrogens is 1. The number of rotatable bonds is 3. The van der Waals surface area contributed by atoms with Gasteiger partial charge < -0.3 is 9.40 Å². The second-order valence-electron chi connectivity index (χ2n) is 6.41. The molecule has 1 aliphatic carbocycles. The van der Waals surface area contributed by atoms with Crippen LogP contribution in [0.25, 0.3) is 34.0 Å². The quantitative estimate of drug-likeness (QED) is 0.604. The fourth-order valence-corrected chi connectivity index (χ4v) is 3.54. The standard InChI is InChI=1S/C19H17N5O/c1-2-5-13(4-1)17-23-18-19(24-17)22-16(14-6-3-11-25-14)15(21-18)12-7-9-20-10-8-12/h3,6-11,13H,1-2,4-5H2,(H,21,22,23,24). The highest BCUT2D eigenvalue weighted by molar-refractivity contribution is 5.81. The van der Waals surface area contributed by atoms with Crippen LogP contribution in [0.3, 0.4) is 0 Å². The topological polar surface area (TPSA) is 80.5 Å². The molecule has 1 saturated carbocycles. The number of nitrogens with one attached hydrogen (secondary N) is 1. The van der Waals surface area contributed by atoms with Gasteiger partial charge in [-0.15, -0.1) is 0 Å². The molecule has 0 aromatic carbocycles. The summed E-state index contributed by atoms with van der Waals surface area (Å²) in [6, 6.07) is 7.60. The summed E-state index contributed by atoms with van der Waals surface area (Å²) in [6.07, 6.45) is 10.0. The van der Waals surface area contributed by atoms with Crippen LogP contribution >= 0.6 is 0 Å². The lowest BCUT2D eigenvalue weighted by atomic mass is 10.1. The molecular weight excluding hydrogens is 314 g/mol. The molecule has 124 valence electrons.